The maximum Gasteiger partial charge on any atom is 0.412 e. The number of para-hydroxylation sites is 1. The fraction of sp³-hybridized carbons (Fsp3) is 0.263. The minimum absolute atomic E-state index is 0.368. The molecule has 0 saturated heterocycles. The Balaban J connectivity index is 1.58. The van der Waals surface area contributed by atoms with Gasteiger partial charge in [-0.05, 0) is 32.9 Å². The van der Waals surface area contributed by atoms with E-state index in [2.05, 4.69) is 10.3 Å². The minimum atomic E-state index is -0.525. The Kier molecular flexibility index (Phi) is 4.90. The Morgan fingerprint density at radius 3 is 2.80 bits per heavy atom. The van der Waals surface area contributed by atoms with Crippen molar-refractivity contribution in [3.63, 3.8) is 0 Å². The second kappa shape index (κ2) is 7.11. The normalized spacial score (nSPS) is 11.3. The predicted molar refractivity (Wildman–Crippen MR) is 100 cm³/mol. The van der Waals surface area contributed by atoms with Crippen molar-refractivity contribution in [2.45, 2.75) is 33.0 Å². The molecule has 2 aromatic heterocycles. The molecule has 0 saturated carbocycles. The molecular formula is C19H20N2O3S. The van der Waals surface area contributed by atoms with Gasteiger partial charge in [-0.25, -0.2) is 9.78 Å². The maximum absolute atomic E-state index is 11.8. The minimum Gasteiger partial charge on any atom is -0.486 e. The van der Waals surface area contributed by atoms with Crippen molar-refractivity contribution in [1.82, 2.24) is 4.98 Å². The Morgan fingerprint density at radius 2 is 2.00 bits per heavy atom. The summed E-state index contributed by atoms with van der Waals surface area (Å²) in [5, 5.41) is 6.32. The summed E-state index contributed by atoms with van der Waals surface area (Å²) in [6, 6.07) is 13.7. The van der Waals surface area contributed by atoms with Crippen molar-refractivity contribution in [2.75, 3.05) is 5.32 Å². The highest BCUT2D eigenvalue weighted by Gasteiger charge is 2.16. The first-order valence-electron chi connectivity index (χ1n) is 7.95. The van der Waals surface area contributed by atoms with E-state index >= 15 is 0 Å². The highest BCUT2D eigenvalue weighted by molar-refractivity contribution is 7.14. The van der Waals surface area contributed by atoms with E-state index in [4.69, 9.17) is 9.47 Å². The van der Waals surface area contributed by atoms with Crippen LogP contribution in [-0.4, -0.2) is 16.7 Å². The van der Waals surface area contributed by atoms with Gasteiger partial charge in [0, 0.05) is 16.8 Å². The first-order valence-corrected chi connectivity index (χ1v) is 8.83. The van der Waals surface area contributed by atoms with Gasteiger partial charge in [-0.1, -0.05) is 24.3 Å². The van der Waals surface area contributed by atoms with Gasteiger partial charge in [-0.2, -0.15) is 0 Å². The Labute approximate surface area is 150 Å². The molecule has 5 nitrogen and oxygen atoms in total. The molecular weight excluding hydrogens is 336 g/mol. The van der Waals surface area contributed by atoms with Crippen molar-refractivity contribution in [3.8, 4) is 5.75 Å². The van der Waals surface area contributed by atoms with Gasteiger partial charge in [0.2, 0.25) is 0 Å². The van der Waals surface area contributed by atoms with Crippen LogP contribution in [0.3, 0.4) is 0 Å². The van der Waals surface area contributed by atoms with E-state index in [1.807, 2.05) is 62.5 Å². The molecule has 0 unspecified atom stereocenters. The van der Waals surface area contributed by atoms with Gasteiger partial charge >= 0.3 is 6.09 Å². The summed E-state index contributed by atoms with van der Waals surface area (Å²) in [7, 11) is 0. The monoisotopic (exact) mass is 356 g/mol. The van der Waals surface area contributed by atoms with Crippen LogP contribution in [0.1, 0.15) is 26.5 Å². The van der Waals surface area contributed by atoms with Gasteiger partial charge in [0.05, 0.1) is 11.2 Å². The molecule has 2 heterocycles. The number of fused-ring (bicyclic) bond motifs is 1. The topological polar surface area (TPSA) is 60.5 Å². The van der Waals surface area contributed by atoms with E-state index in [-0.39, 0.29) is 0 Å². The number of aromatic nitrogens is 1. The van der Waals surface area contributed by atoms with E-state index in [1.165, 1.54) is 11.3 Å². The van der Waals surface area contributed by atoms with E-state index in [9.17, 15) is 4.79 Å². The average Bonchev–Trinajstić information content (AvgIpc) is 2.98. The van der Waals surface area contributed by atoms with E-state index in [0.29, 0.717) is 17.4 Å². The molecule has 0 spiro atoms. The van der Waals surface area contributed by atoms with E-state index in [0.717, 1.165) is 16.6 Å². The molecule has 0 fully saturated rings. The fourth-order valence-electron chi connectivity index (χ4n) is 2.21. The largest absolute Gasteiger partial charge is 0.486 e. The summed E-state index contributed by atoms with van der Waals surface area (Å²) >= 11 is 1.38. The molecule has 25 heavy (non-hydrogen) atoms. The summed E-state index contributed by atoms with van der Waals surface area (Å²) in [6.45, 7) is 5.84. The summed E-state index contributed by atoms with van der Waals surface area (Å²) < 4.78 is 11.0. The third kappa shape index (κ3) is 4.93. The van der Waals surface area contributed by atoms with Gasteiger partial charge in [0.25, 0.3) is 0 Å². The summed E-state index contributed by atoms with van der Waals surface area (Å²) in [5.74, 6) is 0.686. The zero-order valence-electron chi connectivity index (χ0n) is 14.4. The van der Waals surface area contributed by atoms with Crippen LogP contribution in [0.4, 0.5) is 9.80 Å². The average molecular weight is 356 g/mol. The van der Waals surface area contributed by atoms with Gasteiger partial charge in [-0.15, -0.1) is 11.3 Å². The number of benzene rings is 1. The summed E-state index contributed by atoms with van der Waals surface area (Å²) in [4.78, 5) is 16.3. The first-order chi connectivity index (χ1) is 11.9. The number of amides is 1. The lowest BCUT2D eigenvalue weighted by Crippen LogP contribution is -2.26. The number of hydrogen-bond acceptors (Lipinski definition) is 5. The number of nitrogens with one attached hydrogen (secondary N) is 1. The summed E-state index contributed by atoms with van der Waals surface area (Å²) in [6.07, 6.45) is -0.475. The van der Waals surface area contributed by atoms with Crippen molar-refractivity contribution in [1.29, 1.82) is 0 Å². The Morgan fingerprint density at radius 1 is 1.20 bits per heavy atom. The zero-order chi connectivity index (χ0) is 17.9. The van der Waals surface area contributed by atoms with Gasteiger partial charge in [0.1, 0.15) is 23.0 Å². The SMILES string of the molecule is CC(C)(C)OC(=O)Nc1cc(OCc2ccc3ccccc3n2)cs1. The molecule has 0 aliphatic heterocycles. The molecule has 1 N–H and O–H groups in total. The standard InChI is InChI=1S/C19H20N2O3S/c1-19(2,3)24-18(22)21-17-10-15(12-25-17)23-11-14-9-8-13-6-4-5-7-16(13)20-14/h4-10,12H,11H2,1-3H3,(H,21,22). The Hall–Kier alpha value is -2.60. The molecule has 0 aliphatic rings. The molecule has 0 aliphatic carbocycles. The second-order valence-corrected chi connectivity index (χ2v) is 7.47. The van der Waals surface area contributed by atoms with Crippen LogP contribution in [-0.2, 0) is 11.3 Å². The van der Waals surface area contributed by atoms with Crippen molar-refractivity contribution in [3.05, 3.63) is 53.5 Å². The number of carbonyl (C=O) groups is 1. The van der Waals surface area contributed by atoms with Gasteiger partial charge < -0.3 is 9.47 Å². The number of anilines is 1. The molecule has 3 aromatic rings. The fourth-order valence-corrected chi connectivity index (χ4v) is 2.92. The molecule has 0 atom stereocenters. The summed E-state index contributed by atoms with van der Waals surface area (Å²) in [5.41, 5.74) is 1.27. The third-order valence-electron chi connectivity index (χ3n) is 3.24. The number of ether oxygens (including phenoxy) is 2. The van der Waals surface area contributed by atoms with Gasteiger partial charge in [-0.3, -0.25) is 5.32 Å². The lowest BCUT2D eigenvalue weighted by atomic mass is 10.2. The van der Waals surface area contributed by atoms with Crippen LogP contribution >= 0.6 is 11.3 Å². The van der Waals surface area contributed by atoms with Crippen molar-refractivity contribution >= 4 is 33.3 Å². The molecule has 1 aromatic carbocycles. The molecule has 3 rings (SSSR count). The van der Waals surface area contributed by atoms with Crippen LogP contribution in [0.2, 0.25) is 0 Å². The maximum atomic E-state index is 11.8. The molecule has 1 amide bonds. The predicted octanol–water partition coefficient (Wildman–Crippen LogP) is 5.22. The van der Waals surface area contributed by atoms with Crippen LogP contribution in [0.25, 0.3) is 10.9 Å². The lowest BCUT2D eigenvalue weighted by molar-refractivity contribution is 0.0636. The van der Waals surface area contributed by atoms with E-state index < -0.39 is 11.7 Å². The number of pyridine rings is 1. The lowest BCUT2D eigenvalue weighted by Gasteiger charge is -2.19. The quantitative estimate of drug-likeness (QED) is 0.696. The van der Waals surface area contributed by atoms with E-state index in [1.54, 1.807) is 6.07 Å². The smallest absolute Gasteiger partial charge is 0.412 e. The number of nitrogens with zero attached hydrogens (tertiary/aromatic N) is 1. The zero-order valence-corrected chi connectivity index (χ0v) is 15.2. The third-order valence-corrected chi connectivity index (χ3v) is 4.07. The second-order valence-electron chi connectivity index (χ2n) is 6.56. The van der Waals surface area contributed by atoms with Crippen LogP contribution in [0.5, 0.6) is 5.75 Å². The number of thiophene rings is 1. The molecule has 0 bridgehead atoms. The van der Waals surface area contributed by atoms with Gasteiger partial charge in [0.15, 0.2) is 0 Å². The van der Waals surface area contributed by atoms with Crippen molar-refractivity contribution < 1.29 is 14.3 Å². The van der Waals surface area contributed by atoms with Crippen LogP contribution in [0.15, 0.2) is 47.8 Å². The van der Waals surface area contributed by atoms with Crippen LogP contribution < -0.4 is 10.1 Å². The highest BCUT2D eigenvalue weighted by Crippen LogP contribution is 2.27. The molecule has 6 heteroatoms. The van der Waals surface area contributed by atoms with Crippen molar-refractivity contribution in [2.24, 2.45) is 0 Å². The first kappa shape index (κ1) is 17.2. The highest BCUT2D eigenvalue weighted by atomic mass is 32.1. The molecule has 0 radical (unpaired) electrons. The number of hydrogen-bond donors (Lipinski definition) is 1. The number of carbonyl (C=O) groups excluding carboxylic acids is 1. The molecule has 130 valence electrons. The van der Waals surface area contributed by atoms with Crippen LogP contribution in [0, 0.1) is 0 Å². The Bertz CT molecular complexity index is 884. The number of rotatable bonds is 4.